The first kappa shape index (κ1) is 11.2. The zero-order chi connectivity index (χ0) is 12.8. The maximum absolute atomic E-state index is 12.2. The van der Waals surface area contributed by atoms with E-state index >= 15 is 0 Å². The zero-order valence-electron chi connectivity index (χ0n) is 10.6. The molecule has 1 atom stereocenters. The summed E-state index contributed by atoms with van der Waals surface area (Å²) >= 11 is 0. The van der Waals surface area contributed by atoms with Crippen LogP contribution in [0.5, 0.6) is 0 Å². The Morgan fingerprint density at radius 2 is 2.11 bits per heavy atom. The molecule has 1 aromatic heterocycles. The number of hydrogen-bond donors (Lipinski definition) is 0. The molecule has 3 heteroatoms. The van der Waals surface area contributed by atoms with Gasteiger partial charge in [-0.3, -0.25) is 4.79 Å². The highest BCUT2D eigenvalue weighted by atomic mass is 16.1. The van der Waals surface area contributed by atoms with Crippen molar-refractivity contribution < 1.29 is 4.79 Å². The van der Waals surface area contributed by atoms with Gasteiger partial charge < -0.3 is 4.57 Å². The third-order valence-electron chi connectivity index (χ3n) is 3.74. The molecule has 0 amide bonds. The molecule has 0 saturated heterocycles. The lowest BCUT2D eigenvalue weighted by atomic mass is 9.69. The second-order valence-corrected chi connectivity index (χ2v) is 5.59. The Morgan fingerprint density at radius 1 is 1.33 bits per heavy atom. The number of ketones is 1. The van der Waals surface area contributed by atoms with E-state index in [-0.39, 0.29) is 17.2 Å². The van der Waals surface area contributed by atoms with E-state index in [4.69, 9.17) is 0 Å². The molecule has 0 bridgehead atoms. The van der Waals surface area contributed by atoms with Crippen molar-refractivity contribution in [2.75, 3.05) is 0 Å². The molecule has 0 N–H and O–H groups in total. The molecule has 0 saturated carbocycles. The van der Waals surface area contributed by atoms with Crippen LogP contribution in [0.2, 0.25) is 0 Å². The van der Waals surface area contributed by atoms with E-state index in [9.17, 15) is 4.79 Å². The van der Waals surface area contributed by atoms with E-state index < -0.39 is 0 Å². The summed E-state index contributed by atoms with van der Waals surface area (Å²) in [5.74, 6) is 0.243. The Balaban J connectivity index is 2.22. The first-order chi connectivity index (χ1) is 8.59. The van der Waals surface area contributed by atoms with Gasteiger partial charge in [0.25, 0.3) is 0 Å². The fraction of sp³-hybridized carbons (Fsp3) is 0.333. The number of imidazole rings is 1. The SMILES string of the molecule is CC1(C)CC(=O)c2ccccc2[C@H]1n1ccnc1. The van der Waals surface area contributed by atoms with Gasteiger partial charge in [-0.15, -0.1) is 0 Å². The largest absolute Gasteiger partial charge is 0.329 e. The van der Waals surface area contributed by atoms with Gasteiger partial charge in [0.15, 0.2) is 5.78 Å². The molecule has 1 aromatic carbocycles. The van der Waals surface area contributed by atoms with Crippen LogP contribution >= 0.6 is 0 Å². The van der Waals surface area contributed by atoms with Gasteiger partial charge in [0.2, 0.25) is 0 Å². The maximum atomic E-state index is 12.2. The zero-order valence-corrected chi connectivity index (χ0v) is 10.6. The smallest absolute Gasteiger partial charge is 0.163 e. The van der Waals surface area contributed by atoms with Crippen molar-refractivity contribution >= 4 is 5.78 Å². The van der Waals surface area contributed by atoms with E-state index in [0.717, 1.165) is 11.1 Å². The van der Waals surface area contributed by atoms with Crippen LogP contribution in [0.3, 0.4) is 0 Å². The Kier molecular flexibility index (Phi) is 2.37. The van der Waals surface area contributed by atoms with Crippen LogP contribution in [0, 0.1) is 5.41 Å². The number of rotatable bonds is 1. The minimum atomic E-state index is -0.0911. The topological polar surface area (TPSA) is 34.9 Å². The van der Waals surface area contributed by atoms with E-state index in [2.05, 4.69) is 29.5 Å². The Hall–Kier alpha value is -1.90. The first-order valence-corrected chi connectivity index (χ1v) is 6.19. The lowest BCUT2D eigenvalue weighted by Gasteiger charge is -2.39. The van der Waals surface area contributed by atoms with Crippen LogP contribution in [-0.4, -0.2) is 15.3 Å². The molecule has 0 radical (unpaired) electrons. The van der Waals surface area contributed by atoms with Gasteiger partial charge in [0.05, 0.1) is 12.4 Å². The van der Waals surface area contributed by atoms with Crippen molar-refractivity contribution in [1.82, 2.24) is 9.55 Å². The van der Waals surface area contributed by atoms with Gasteiger partial charge >= 0.3 is 0 Å². The third kappa shape index (κ3) is 1.58. The highest BCUT2D eigenvalue weighted by Gasteiger charge is 2.40. The predicted molar refractivity (Wildman–Crippen MR) is 69.5 cm³/mol. The van der Waals surface area contributed by atoms with Crippen molar-refractivity contribution in [3.05, 3.63) is 54.1 Å². The molecular weight excluding hydrogens is 224 g/mol. The van der Waals surface area contributed by atoms with Crippen LogP contribution in [0.1, 0.15) is 42.2 Å². The lowest BCUT2D eigenvalue weighted by Crippen LogP contribution is -2.35. The van der Waals surface area contributed by atoms with Gasteiger partial charge in [0.1, 0.15) is 0 Å². The first-order valence-electron chi connectivity index (χ1n) is 6.19. The molecule has 92 valence electrons. The third-order valence-corrected chi connectivity index (χ3v) is 3.74. The molecule has 0 spiro atoms. The molecule has 2 aromatic rings. The molecule has 0 fully saturated rings. The summed E-state index contributed by atoms with van der Waals surface area (Å²) in [5, 5.41) is 0. The van der Waals surface area contributed by atoms with Crippen molar-refractivity contribution in [3.63, 3.8) is 0 Å². The normalized spacial score (nSPS) is 21.7. The van der Waals surface area contributed by atoms with Crippen LogP contribution < -0.4 is 0 Å². The number of fused-ring (bicyclic) bond motifs is 1. The van der Waals surface area contributed by atoms with Crippen molar-refractivity contribution in [2.24, 2.45) is 5.41 Å². The summed E-state index contributed by atoms with van der Waals surface area (Å²) in [6.07, 6.45) is 6.17. The molecule has 1 heterocycles. The summed E-state index contributed by atoms with van der Waals surface area (Å²) in [4.78, 5) is 16.3. The van der Waals surface area contributed by atoms with Gasteiger partial charge in [-0.25, -0.2) is 4.98 Å². The lowest BCUT2D eigenvalue weighted by molar-refractivity contribution is 0.0868. The molecule has 18 heavy (non-hydrogen) atoms. The Labute approximate surface area is 106 Å². The van der Waals surface area contributed by atoms with Crippen molar-refractivity contribution in [3.8, 4) is 0 Å². The fourth-order valence-corrected chi connectivity index (χ4v) is 3.00. The minimum Gasteiger partial charge on any atom is -0.329 e. The van der Waals surface area contributed by atoms with Gasteiger partial charge in [-0.1, -0.05) is 38.1 Å². The Morgan fingerprint density at radius 3 is 2.83 bits per heavy atom. The number of hydrogen-bond acceptors (Lipinski definition) is 2. The van der Waals surface area contributed by atoms with Gasteiger partial charge in [-0.05, 0) is 11.0 Å². The number of carbonyl (C=O) groups is 1. The number of nitrogens with zero attached hydrogens (tertiary/aromatic N) is 2. The molecule has 0 aliphatic heterocycles. The minimum absolute atomic E-state index is 0.0911. The molecule has 1 aliphatic rings. The second-order valence-electron chi connectivity index (χ2n) is 5.59. The van der Waals surface area contributed by atoms with E-state index in [1.165, 1.54) is 0 Å². The number of Topliss-reactive ketones (excluding diaryl/α,β-unsaturated/α-hetero) is 1. The van der Waals surface area contributed by atoms with Crippen LogP contribution in [0.25, 0.3) is 0 Å². The molecule has 3 rings (SSSR count). The van der Waals surface area contributed by atoms with Crippen LogP contribution in [0.4, 0.5) is 0 Å². The average Bonchev–Trinajstić information content (AvgIpc) is 2.81. The molecule has 1 aliphatic carbocycles. The number of benzene rings is 1. The highest BCUT2D eigenvalue weighted by molar-refractivity contribution is 5.99. The fourth-order valence-electron chi connectivity index (χ4n) is 3.00. The highest BCUT2D eigenvalue weighted by Crippen LogP contribution is 2.45. The summed E-state index contributed by atoms with van der Waals surface area (Å²) in [5.41, 5.74) is 1.87. The maximum Gasteiger partial charge on any atom is 0.163 e. The summed E-state index contributed by atoms with van der Waals surface area (Å²) < 4.78 is 2.10. The number of carbonyl (C=O) groups excluding carboxylic acids is 1. The Bertz CT molecular complexity index is 584. The summed E-state index contributed by atoms with van der Waals surface area (Å²) in [6, 6.07) is 8.08. The van der Waals surface area contributed by atoms with Gasteiger partial charge in [0, 0.05) is 24.4 Å². The van der Waals surface area contributed by atoms with Crippen LogP contribution in [-0.2, 0) is 0 Å². The van der Waals surface area contributed by atoms with Crippen molar-refractivity contribution in [2.45, 2.75) is 26.3 Å². The summed E-state index contributed by atoms with van der Waals surface area (Å²) in [7, 11) is 0. The molecule has 0 unspecified atom stereocenters. The standard InChI is InChI=1S/C15H16N2O/c1-15(2)9-13(18)11-5-3-4-6-12(11)14(15)17-8-7-16-10-17/h3-8,10,14H,9H2,1-2H3/t14-/m1/s1. The number of aromatic nitrogens is 2. The quantitative estimate of drug-likeness (QED) is 0.767. The molecule has 3 nitrogen and oxygen atoms in total. The van der Waals surface area contributed by atoms with E-state index in [1.807, 2.05) is 30.7 Å². The molecular formula is C15H16N2O. The van der Waals surface area contributed by atoms with Crippen LogP contribution in [0.15, 0.2) is 43.0 Å². The predicted octanol–water partition coefficient (Wildman–Crippen LogP) is 3.09. The summed E-state index contributed by atoms with van der Waals surface area (Å²) in [6.45, 7) is 4.29. The van der Waals surface area contributed by atoms with E-state index in [1.54, 1.807) is 6.20 Å². The average molecular weight is 240 g/mol. The monoisotopic (exact) mass is 240 g/mol. The van der Waals surface area contributed by atoms with Crippen molar-refractivity contribution in [1.29, 1.82) is 0 Å². The van der Waals surface area contributed by atoms with E-state index in [0.29, 0.717) is 6.42 Å². The van der Waals surface area contributed by atoms with Gasteiger partial charge in [-0.2, -0.15) is 0 Å². The second kappa shape index (κ2) is 3.80.